The Kier molecular flexibility index (Phi) is 1.53. The molecule has 2 heterocycles. The van der Waals surface area contributed by atoms with Crippen molar-refractivity contribution < 1.29 is 5.11 Å². The summed E-state index contributed by atoms with van der Waals surface area (Å²) in [6, 6.07) is 1.06. The van der Waals surface area contributed by atoms with Crippen LogP contribution in [-0.2, 0) is 0 Å². The van der Waals surface area contributed by atoms with Crippen molar-refractivity contribution in [2.75, 3.05) is 0 Å². The molecule has 0 saturated carbocycles. The lowest BCUT2D eigenvalue weighted by molar-refractivity contribution is 0.467. The molecule has 0 aromatic carbocycles. The van der Waals surface area contributed by atoms with Gasteiger partial charge in [0.2, 0.25) is 0 Å². The summed E-state index contributed by atoms with van der Waals surface area (Å²) in [4.78, 5) is 39.2. The number of H-pyrrole nitrogens is 3. The van der Waals surface area contributed by atoms with Gasteiger partial charge in [0.05, 0.1) is 5.52 Å². The number of pyridine rings is 1. The van der Waals surface area contributed by atoms with Crippen LogP contribution in [0.15, 0.2) is 20.4 Å². The molecular weight excluding hydrogens is 190 g/mol. The van der Waals surface area contributed by atoms with Gasteiger partial charge in [-0.25, -0.2) is 0 Å². The van der Waals surface area contributed by atoms with E-state index in [1.807, 2.05) is 0 Å². The Bertz CT molecular complexity index is 663. The van der Waals surface area contributed by atoms with E-state index in [0.29, 0.717) is 0 Å². The second-order valence-electron chi connectivity index (χ2n) is 2.68. The van der Waals surface area contributed by atoms with E-state index in [2.05, 4.69) is 15.0 Å². The second-order valence-corrected chi connectivity index (χ2v) is 2.68. The standard InChI is InChI=1S/C7H5N3O4/c11-3-1-2-4(9-5(3)12)10-7(14)6(13)8-2/h1,11H,(H,8,13)(H2,9,10,12,14). The minimum atomic E-state index is -0.862. The van der Waals surface area contributed by atoms with E-state index in [0.717, 1.165) is 6.07 Å². The van der Waals surface area contributed by atoms with Gasteiger partial charge in [0.25, 0.3) is 5.56 Å². The zero-order valence-electron chi connectivity index (χ0n) is 6.75. The maximum Gasteiger partial charge on any atom is 0.315 e. The molecule has 4 N–H and O–H groups in total. The summed E-state index contributed by atoms with van der Waals surface area (Å²) in [5.41, 5.74) is -2.22. The highest BCUT2D eigenvalue weighted by molar-refractivity contribution is 5.70. The quantitative estimate of drug-likeness (QED) is 0.387. The topological polar surface area (TPSA) is 119 Å². The van der Waals surface area contributed by atoms with Crippen molar-refractivity contribution in [1.82, 2.24) is 15.0 Å². The van der Waals surface area contributed by atoms with Crippen LogP contribution in [0.2, 0.25) is 0 Å². The van der Waals surface area contributed by atoms with Crippen molar-refractivity contribution in [3.63, 3.8) is 0 Å². The zero-order valence-corrected chi connectivity index (χ0v) is 6.75. The van der Waals surface area contributed by atoms with E-state index < -0.39 is 22.4 Å². The number of nitrogens with one attached hydrogen (secondary N) is 3. The molecule has 7 heteroatoms. The van der Waals surface area contributed by atoms with E-state index in [1.54, 1.807) is 0 Å². The lowest BCUT2D eigenvalue weighted by Crippen LogP contribution is -2.29. The van der Waals surface area contributed by atoms with Gasteiger partial charge >= 0.3 is 11.1 Å². The summed E-state index contributed by atoms with van der Waals surface area (Å²) in [6.45, 7) is 0. The highest BCUT2D eigenvalue weighted by Gasteiger charge is 2.03. The van der Waals surface area contributed by atoms with Gasteiger partial charge in [-0.1, -0.05) is 0 Å². The Morgan fingerprint density at radius 2 is 1.50 bits per heavy atom. The second kappa shape index (κ2) is 2.59. The van der Waals surface area contributed by atoms with Gasteiger partial charge in [-0.15, -0.1) is 0 Å². The average molecular weight is 195 g/mol. The highest BCUT2D eigenvalue weighted by atomic mass is 16.3. The fourth-order valence-corrected chi connectivity index (χ4v) is 1.07. The molecule has 0 unspecified atom stereocenters. The van der Waals surface area contributed by atoms with Crippen molar-refractivity contribution in [2.45, 2.75) is 0 Å². The summed E-state index contributed by atoms with van der Waals surface area (Å²) in [6.07, 6.45) is 0. The number of aromatic nitrogens is 3. The molecule has 0 amide bonds. The van der Waals surface area contributed by atoms with Crippen LogP contribution in [0.1, 0.15) is 0 Å². The predicted molar refractivity (Wildman–Crippen MR) is 47.5 cm³/mol. The number of aromatic hydroxyl groups is 1. The number of aromatic amines is 3. The maximum absolute atomic E-state index is 10.9. The molecule has 0 atom stereocenters. The molecule has 72 valence electrons. The molecule has 0 bridgehead atoms. The molecule has 0 fully saturated rings. The molecule has 0 saturated heterocycles. The third-order valence-electron chi connectivity index (χ3n) is 1.71. The maximum atomic E-state index is 10.9. The van der Waals surface area contributed by atoms with E-state index in [1.165, 1.54) is 0 Å². The summed E-state index contributed by atoms with van der Waals surface area (Å²) < 4.78 is 0. The van der Waals surface area contributed by atoms with Gasteiger partial charge in [-0.05, 0) is 0 Å². The third kappa shape index (κ3) is 1.11. The number of rotatable bonds is 0. The van der Waals surface area contributed by atoms with E-state index in [4.69, 9.17) is 5.11 Å². The average Bonchev–Trinajstić information content (AvgIpc) is 2.11. The van der Waals surface area contributed by atoms with Crippen LogP contribution in [0.25, 0.3) is 11.2 Å². The smallest absolute Gasteiger partial charge is 0.315 e. The Balaban J connectivity index is 3.05. The first-order chi connectivity index (χ1) is 6.58. The fraction of sp³-hybridized carbons (Fsp3) is 0. The minimum absolute atomic E-state index is 0.0670. The first-order valence-electron chi connectivity index (χ1n) is 3.66. The first kappa shape index (κ1) is 8.30. The normalized spacial score (nSPS) is 10.6. The van der Waals surface area contributed by atoms with Crippen LogP contribution in [0.3, 0.4) is 0 Å². The Hall–Kier alpha value is -2.31. The van der Waals surface area contributed by atoms with Crippen molar-refractivity contribution >= 4 is 11.2 Å². The molecule has 14 heavy (non-hydrogen) atoms. The van der Waals surface area contributed by atoms with Crippen molar-refractivity contribution in [2.24, 2.45) is 0 Å². The first-order valence-corrected chi connectivity index (χ1v) is 3.66. The molecule has 0 spiro atoms. The summed E-state index contributed by atoms with van der Waals surface area (Å²) >= 11 is 0. The summed E-state index contributed by atoms with van der Waals surface area (Å²) in [7, 11) is 0. The molecule has 0 aliphatic heterocycles. The Morgan fingerprint density at radius 1 is 0.929 bits per heavy atom. The fourth-order valence-electron chi connectivity index (χ4n) is 1.07. The number of fused-ring (bicyclic) bond motifs is 1. The van der Waals surface area contributed by atoms with Gasteiger partial charge in [0, 0.05) is 6.07 Å². The van der Waals surface area contributed by atoms with Crippen LogP contribution in [0.4, 0.5) is 0 Å². The van der Waals surface area contributed by atoms with Crippen molar-refractivity contribution in [1.29, 1.82) is 0 Å². The zero-order chi connectivity index (χ0) is 10.3. The van der Waals surface area contributed by atoms with E-state index in [9.17, 15) is 14.4 Å². The Labute approximate surface area is 75.1 Å². The molecule has 7 nitrogen and oxygen atoms in total. The number of hydrogen-bond acceptors (Lipinski definition) is 4. The van der Waals surface area contributed by atoms with Gasteiger partial charge in [0.1, 0.15) is 5.65 Å². The SMILES string of the molecule is O=c1[nH]c2[nH]c(=O)c(=O)[nH]c2cc1O. The van der Waals surface area contributed by atoms with Crippen LogP contribution >= 0.6 is 0 Å². The number of hydrogen-bond donors (Lipinski definition) is 4. The molecule has 2 aromatic rings. The minimum Gasteiger partial charge on any atom is -0.503 e. The molecule has 2 rings (SSSR count). The lowest BCUT2D eigenvalue weighted by Gasteiger charge is -1.96. The monoisotopic (exact) mass is 195 g/mol. The summed E-state index contributed by atoms with van der Waals surface area (Å²) in [5, 5.41) is 9.02. The third-order valence-corrected chi connectivity index (χ3v) is 1.71. The van der Waals surface area contributed by atoms with Gasteiger partial charge in [-0.2, -0.15) is 0 Å². The van der Waals surface area contributed by atoms with Gasteiger partial charge in [0.15, 0.2) is 5.75 Å². The molecule has 2 aromatic heterocycles. The van der Waals surface area contributed by atoms with Crippen molar-refractivity contribution in [3.05, 3.63) is 37.1 Å². The molecular formula is C7H5N3O4. The molecule has 0 aliphatic carbocycles. The predicted octanol–water partition coefficient (Wildman–Crippen LogP) is -1.39. The van der Waals surface area contributed by atoms with Crippen LogP contribution in [0.5, 0.6) is 5.75 Å². The van der Waals surface area contributed by atoms with Crippen LogP contribution < -0.4 is 16.7 Å². The summed E-state index contributed by atoms with van der Waals surface area (Å²) in [5.74, 6) is -0.528. The largest absolute Gasteiger partial charge is 0.503 e. The van der Waals surface area contributed by atoms with Gasteiger partial charge < -0.3 is 20.1 Å². The van der Waals surface area contributed by atoms with Gasteiger partial charge in [-0.3, -0.25) is 14.4 Å². The van der Waals surface area contributed by atoms with Crippen LogP contribution in [-0.4, -0.2) is 20.1 Å². The van der Waals surface area contributed by atoms with E-state index >= 15 is 0 Å². The highest BCUT2D eigenvalue weighted by Crippen LogP contribution is 2.05. The molecule has 0 radical (unpaired) electrons. The van der Waals surface area contributed by atoms with Crippen LogP contribution in [0, 0.1) is 0 Å². The van der Waals surface area contributed by atoms with E-state index in [-0.39, 0.29) is 11.2 Å². The lowest BCUT2D eigenvalue weighted by atomic mass is 10.4. The Morgan fingerprint density at radius 3 is 2.21 bits per heavy atom. The van der Waals surface area contributed by atoms with Crippen molar-refractivity contribution in [3.8, 4) is 5.75 Å². The molecule has 0 aliphatic rings.